The molecule has 100 valence electrons. The number of carbonyl (C=O) groups is 1. The second-order valence-corrected chi connectivity index (χ2v) is 5.65. The molecule has 1 fully saturated rings. The van der Waals surface area contributed by atoms with Crippen molar-refractivity contribution in [2.75, 3.05) is 20.6 Å². The topological polar surface area (TPSA) is 32.3 Å². The zero-order valence-electron chi connectivity index (χ0n) is 11.8. The van der Waals surface area contributed by atoms with Crippen molar-refractivity contribution in [2.24, 2.45) is 11.8 Å². The number of nitrogens with one attached hydrogen (secondary N) is 1. The van der Waals surface area contributed by atoms with E-state index in [1.54, 1.807) is 0 Å². The summed E-state index contributed by atoms with van der Waals surface area (Å²) in [5, 5.41) is 3.14. The van der Waals surface area contributed by atoms with Gasteiger partial charge < -0.3 is 10.2 Å². The molecule has 0 heterocycles. The van der Waals surface area contributed by atoms with Crippen molar-refractivity contribution in [2.45, 2.75) is 52.0 Å². The van der Waals surface area contributed by atoms with Crippen molar-refractivity contribution in [1.82, 2.24) is 10.2 Å². The molecule has 0 aromatic heterocycles. The predicted octanol–water partition coefficient (Wildman–Crippen LogP) is 2.27. The highest BCUT2D eigenvalue weighted by Gasteiger charge is 2.29. The van der Waals surface area contributed by atoms with Crippen LogP contribution < -0.4 is 5.32 Å². The maximum atomic E-state index is 12.5. The molecule has 1 rings (SSSR count). The van der Waals surface area contributed by atoms with Gasteiger partial charge in [0.15, 0.2) is 0 Å². The molecular formula is C14H28N2O. The van der Waals surface area contributed by atoms with Crippen LogP contribution in [-0.4, -0.2) is 37.5 Å². The lowest BCUT2D eigenvalue weighted by atomic mass is 9.90. The molecule has 0 aromatic rings. The van der Waals surface area contributed by atoms with E-state index < -0.39 is 0 Å². The number of nitrogens with zero attached hydrogens (tertiary/aromatic N) is 1. The average molecular weight is 240 g/mol. The largest absolute Gasteiger partial charge is 0.342 e. The van der Waals surface area contributed by atoms with Crippen LogP contribution in [0.3, 0.4) is 0 Å². The number of hydrogen-bond acceptors (Lipinski definition) is 2. The molecular weight excluding hydrogens is 212 g/mol. The predicted molar refractivity (Wildman–Crippen MR) is 71.9 cm³/mol. The van der Waals surface area contributed by atoms with Gasteiger partial charge in [0.1, 0.15) is 0 Å². The minimum atomic E-state index is 0.118. The van der Waals surface area contributed by atoms with Gasteiger partial charge in [-0.15, -0.1) is 0 Å². The Bertz CT molecular complexity index is 234. The molecule has 0 radical (unpaired) electrons. The Kier molecular flexibility index (Phi) is 5.96. The molecule has 1 amide bonds. The van der Waals surface area contributed by atoms with Crippen molar-refractivity contribution >= 4 is 5.91 Å². The third-order valence-electron chi connectivity index (χ3n) is 4.02. The van der Waals surface area contributed by atoms with Crippen LogP contribution in [0.25, 0.3) is 0 Å². The van der Waals surface area contributed by atoms with E-state index >= 15 is 0 Å². The van der Waals surface area contributed by atoms with Crippen molar-refractivity contribution in [3.8, 4) is 0 Å². The van der Waals surface area contributed by atoms with E-state index in [9.17, 15) is 4.79 Å². The average Bonchev–Trinajstić information content (AvgIpc) is 2.35. The van der Waals surface area contributed by atoms with E-state index in [0.29, 0.717) is 17.9 Å². The first-order valence-electron chi connectivity index (χ1n) is 6.99. The Morgan fingerprint density at radius 3 is 2.35 bits per heavy atom. The van der Waals surface area contributed by atoms with Crippen LogP contribution in [0, 0.1) is 11.8 Å². The van der Waals surface area contributed by atoms with E-state index in [-0.39, 0.29) is 5.92 Å². The van der Waals surface area contributed by atoms with Crippen molar-refractivity contribution in [3.05, 3.63) is 0 Å². The van der Waals surface area contributed by atoms with E-state index in [0.717, 1.165) is 6.54 Å². The smallest absolute Gasteiger partial charge is 0.227 e. The van der Waals surface area contributed by atoms with Crippen molar-refractivity contribution < 1.29 is 4.79 Å². The molecule has 1 aliphatic carbocycles. The third-order valence-corrected chi connectivity index (χ3v) is 4.02. The van der Waals surface area contributed by atoms with E-state index in [2.05, 4.69) is 19.2 Å². The van der Waals surface area contributed by atoms with Crippen LogP contribution in [0.4, 0.5) is 0 Å². The van der Waals surface area contributed by atoms with Gasteiger partial charge in [0.25, 0.3) is 0 Å². The summed E-state index contributed by atoms with van der Waals surface area (Å²) in [4.78, 5) is 14.5. The van der Waals surface area contributed by atoms with Gasteiger partial charge in [-0.2, -0.15) is 0 Å². The molecule has 17 heavy (non-hydrogen) atoms. The molecule has 1 aliphatic rings. The van der Waals surface area contributed by atoms with E-state index in [1.807, 2.05) is 19.0 Å². The zero-order chi connectivity index (χ0) is 12.8. The number of hydrogen-bond donors (Lipinski definition) is 1. The zero-order valence-corrected chi connectivity index (χ0v) is 11.8. The lowest BCUT2D eigenvalue weighted by molar-refractivity contribution is -0.138. The summed E-state index contributed by atoms with van der Waals surface area (Å²) in [7, 11) is 3.91. The summed E-state index contributed by atoms with van der Waals surface area (Å²) < 4.78 is 0. The van der Waals surface area contributed by atoms with Crippen molar-refractivity contribution in [3.63, 3.8) is 0 Å². The number of carbonyl (C=O) groups excluding carboxylic acids is 1. The molecule has 0 aromatic carbocycles. The first-order chi connectivity index (χ1) is 8.07. The summed E-state index contributed by atoms with van der Waals surface area (Å²) in [5.74, 6) is 0.842. The maximum Gasteiger partial charge on any atom is 0.227 e. The molecule has 3 nitrogen and oxygen atoms in total. The van der Waals surface area contributed by atoms with Crippen LogP contribution in [0.15, 0.2) is 0 Å². The van der Waals surface area contributed by atoms with Crippen LogP contribution in [0.1, 0.15) is 46.0 Å². The monoisotopic (exact) mass is 240 g/mol. The molecule has 0 bridgehead atoms. The fraction of sp³-hybridized carbons (Fsp3) is 0.929. The fourth-order valence-electron chi connectivity index (χ4n) is 2.74. The first kappa shape index (κ1) is 14.5. The third kappa shape index (κ3) is 3.98. The molecule has 1 unspecified atom stereocenters. The van der Waals surface area contributed by atoms with Gasteiger partial charge in [0, 0.05) is 19.6 Å². The van der Waals surface area contributed by atoms with Gasteiger partial charge in [0.2, 0.25) is 5.91 Å². The quantitative estimate of drug-likeness (QED) is 0.799. The lowest BCUT2D eigenvalue weighted by Crippen LogP contribution is -2.45. The second-order valence-electron chi connectivity index (χ2n) is 5.65. The number of amides is 1. The summed E-state index contributed by atoms with van der Waals surface area (Å²) >= 11 is 0. The Balaban J connectivity index is 2.58. The van der Waals surface area contributed by atoms with E-state index in [1.165, 1.54) is 32.1 Å². The SMILES string of the molecule is CNCC(C(=O)N(C)C1CCCCC1)C(C)C. The van der Waals surface area contributed by atoms with Gasteiger partial charge >= 0.3 is 0 Å². The highest BCUT2D eigenvalue weighted by Crippen LogP contribution is 2.24. The molecule has 0 aliphatic heterocycles. The highest BCUT2D eigenvalue weighted by molar-refractivity contribution is 5.79. The number of rotatable bonds is 5. The van der Waals surface area contributed by atoms with Crippen LogP contribution in [0.5, 0.6) is 0 Å². The van der Waals surface area contributed by atoms with E-state index in [4.69, 9.17) is 0 Å². The Morgan fingerprint density at radius 1 is 1.29 bits per heavy atom. The summed E-state index contributed by atoms with van der Waals surface area (Å²) in [6, 6.07) is 0.481. The molecule has 3 heteroatoms. The van der Waals surface area contributed by atoms with Gasteiger partial charge in [-0.05, 0) is 25.8 Å². The van der Waals surface area contributed by atoms with Crippen LogP contribution in [0.2, 0.25) is 0 Å². The molecule has 1 atom stereocenters. The fourth-order valence-corrected chi connectivity index (χ4v) is 2.74. The second kappa shape index (κ2) is 7.00. The van der Waals surface area contributed by atoms with Gasteiger partial charge in [-0.3, -0.25) is 4.79 Å². The molecule has 1 N–H and O–H groups in total. The first-order valence-corrected chi connectivity index (χ1v) is 6.99. The summed E-state index contributed by atoms with van der Waals surface area (Å²) in [6.07, 6.45) is 6.27. The Hall–Kier alpha value is -0.570. The minimum Gasteiger partial charge on any atom is -0.342 e. The minimum absolute atomic E-state index is 0.118. The maximum absolute atomic E-state index is 12.5. The van der Waals surface area contributed by atoms with Gasteiger partial charge in [-0.25, -0.2) is 0 Å². The normalized spacial score (nSPS) is 19.4. The lowest BCUT2D eigenvalue weighted by Gasteiger charge is -2.34. The molecule has 0 saturated heterocycles. The molecule has 0 spiro atoms. The molecule has 1 saturated carbocycles. The Labute approximate surface area is 106 Å². The standard InChI is InChI=1S/C14H28N2O/c1-11(2)13(10-15-3)14(17)16(4)12-8-6-5-7-9-12/h11-13,15H,5-10H2,1-4H3. The Morgan fingerprint density at radius 2 is 1.88 bits per heavy atom. The highest BCUT2D eigenvalue weighted by atomic mass is 16.2. The summed E-state index contributed by atoms with van der Waals surface area (Å²) in [5.41, 5.74) is 0. The van der Waals surface area contributed by atoms with Crippen LogP contribution >= 0.6 is 0 Å². The van der Waals surface area contributed by atoms with Crippen LogP contribution in [-0.2, 0) is 4.79 Å². The van der Waals surface area contributed by atoms with Crippen molar-refractivity contribution in [1.29, 1.82) is 0 Å². The van der Waals surface area contributed by atoms with Gasteiger partial charge in [-0.1, -0.05) is 33.1 Å². The van der Waals surface area contributed by atoms with Gasteiger partial charge in [0.05, 0.1) is 5.92 Å². The summed E-state index contributed by atoms with van der Waals surface area (Å²) in [6.45, 7) is 5.05.